The van der Waals surface area contributed by atoms with Gasteiger partial charge >= 0.3 is 11.9 Å². The summed E-state index contributed by atoms with van der Waals surface area (Å²) in [4.78, 5) is 24.7. The van der Waals surface area contributed by atoms with Crippen LogP contribution in [-0.4, -0.2) is 45.2 Å². The molecule has 4 rings (SSSR count). The van der Waals surface area contributed by atoms with E-state index in [0.717, 1.165) is 21.9 Å². The Balaban J connectivity index is 1.74. The second-order valence-corrected chi connectivity index (χ2v) is 6.38. The van der Waals surface area contributed by atoms with Gasteiger partial charge in [-0.15, -0.1) is 0 Å². The molecule has 0 radical (unpaired) electrons. The molecule has 1 aliphatic heterocycles. The van der Waals surface area contributed by atoms with Crippen molar-refractivity contribution in [2.45, 2.75) is 24.0 Å². The maximum Gasteiger partial charge on any atom is 0.325 e. The highest BCUT2D eigenvalue weighted by atomic mass is 16.4. The third kappa shape index (κ3) is 1.95. The maximum absolute atomic E-state index is 11.6. The Morgan fingerprint density at radius 3 is 2.61 bits per heavy atom. The van der Waals surface area contributed by atoms with Crippen LogP contribution in [0.15, 0.2) is 36.4 Å². The molecule has 1 unspecified atom stereocenters. The van der Waals surface area contributed by atoms with Gasteiger partial charge in [-0.25, -0.2) is 0 Å². The van der Waals surface area contributed by atoms with Crippen LogP contribution >= 0.6 is 0 Å². The van der Waals surface area contributed by atoms with Crippen LogP contribution in [0.4, 0.5) is 0 Å². The number of carbonyl (C=O) groups is 2. The third-order valence-corrected chi connectivity index (χ3v) is 4.95. The molecule has 2 aromatic carbocycles. The summed E-state index contributed by atoms with van der Waals surface area (Å²) in [5.41, 5.74) is 6.56. The van der Waals surface area contributed by atoms with Crippen LogP contribution in [0.5, 0.6) is 0 Å². The van der Waals surface area contributed by atoms with E-state index in [9.17, 15) is 19.8 Å². The van der Waals surface area contributed by atoms with Gasteiger partial charge in [0.25, 0.3) is 0 Å². The Kier molecular flexibility index (Phi) is 2.79. The van der Waals surface area contributed by atoms with Crippen LogP contribution in [0.3, 0.4) is 0 Å². The van der Waals surface area contributed by atoms with Gasteiger partial charge in [-0.3, -0.25) is 14.5 Å². The zero-order valence-electron chi connectivity index (χ0n) is 12.3. The third-order valence-electron chi connectivity index (χ3n) is 4.95. The molecular weight excluding hydrogens is 296 g/mol. The lowest BCUT2D eigenvalue weighted by Gasteiger charge is -2.21. The van der Waals surface area contributed by atoms with Gasteiger partial charge in [0.1, 0.15) is 11.6 Å². The molecule has 0 amide bonds. The zero-order valence-corrected chi connectivity index (χ0v) is 12.3. The smallest absolute Gasteiger partial charge is 0.325 e. The summed E-state index contributed by atoms with van der Waals surface area (Å²) in [7, 11) is 0. The van der Waals surface area contributed by atoms with E-state index < -0.39 is 23.5 Å². The highest BCUT2D eigenvalue weighted by Crippen LogP contribution is 2.52. The Morgan fingerprint density at radius 1 is 1.17 bits per heavy atom. The van der Waals surface area contributed by atoms with Gasteiger partial charge in [0.2, 0.25) is 0 Å². The van der Waals surface area contributed by atoms with Crippen LogP contribution in [0.1, 0.15) is 23.6 Å². The minimum absolute atomic E-state index is 0.0347. The molecule has 1 aliphatic carbocycles. The van der Waals surface area contributed by atoms with E-state index in [4.69, 9.17) is 5.73 Å². The zero-order chi connectivity index (χ0) is 16.4. The number of carboxylic acids is 2. The Morgan fingerprint density at radius 2 is 1.91 bits per heavy atom. The molecule has 23 heavy (non-hydrogen) atoms. The van der Waals surface area contributed by atoms with Crippen molar-refractivity contribution in [1.29, 1.82) is 0 Å². The Labute approximate surface area is 132 Å². The fraction of sp³-hybridized carbons (Fsp3) is 0.294. The van der Waals surface area contributed by atoms with Gasteiger partial charge in [0, 0.05) is 13.0 Å². The highest BCUT2D eigenvalue weighted by molar-refractivity contribution is 5.92. The largest absolute Gasteiger partial charge is 0.480 e. The fourth-order valence-corrected chi connectivity index (χ4v) is 3.74. The highest BCUT2D eigenvalue weighted by Gasteiger charge is 2.55. The van der Waals surface area contributed by atoms with Crippen molar-refractivity contribution in [1.82, 2.24) is 4.90 Å². The summed E-state index contributed by atoms with van der Waals surface area (Å²) in [6.07, 6.45) is -0.0832. The number of benzene rings is 2. The van der Waals surface area contributed by atoms with Gasteiger partial charge in [-0.05, 0) is 21.9 Å². The van der Waals surface area contributed by atoms with Crippen molar-refractivity contribution in [3.05, 3.63) is 47.5 Å². The number of fused-ring (bicyclic) bond motifs is 3. The molecule has 0 spiro atoms. The van der Waals surface area contributed by atoms with E-state index >= 15 is 0 Å². The summed E-state index contributed by atoms with van der Waals surface area (Å²) in [5, 5.41) is 21.0. The van der Waals surface area contributed by atoms with Crippen LogP contribution < -0.4 is 5.73 Å². The lowest BCUT2D eigenvalue weighted by molar-refractivity contribution is -0.142. The lowest BCUT2D eigenvalue weighted by Crippen LogP contribution is -2.50. The van der Waals surface area contributed by atoms with Gasteiger partial charge in [0.15, 0.2) is 0 Å². The van der Waals surface area contributed by atoms with Crippen LogP contribution in [-0.2, 0) is 9.59 Å². The van der Waals surface area contributed by atoms with Crippen LogP contribution in [0.25, 0.3) is 10.8 Å². The number of nitrogens with zero attached hydrogens (tertiary/aromatic N) is 1. The molecule has 0 aromatic heterocycles. The maximum atomic E-state index is 11.6. The van der Waals surface area contributed by atoms with Crippen molar-refractivity contribution >= 4 is 22.7 Å². The van der Waals surface area contributed by atoms with Crippen molar-refractivity contribution in [2.24, 2.45) is 5.73 Å². The molecule has 2 aromatic rings. The second-order valence-electron chi connectivity index (χ2n) is 6.38. The topological polar surface area (TPSA) is 104 Å². The van der Waals surface area contributed by atoms with Gasteiger partial charge in [-0.1, -0.05) is 36.4 Å². The molecule has 1 saturated heterocycles. The molecule has 0 saturated carbocycles. The van der Waals surface area contributed by atoms with E-state index in [-0.39, 0.29) is 19.0 Å². The number of carboxylic acid groups (broad SMARTS) is 2. The second kappa shape index (κ2) is 4.53. The van der Waals surface area contributed by atoms with Crippen molar-refractivity contribution in [2.75, 3.05) is 6.54 Å². The number of rotatable bonds is 3. The minimum atomic E-state index is -1.51. The molecule has 1 heterocycles. The van der Waals surface area contributed by atoms with Crippen LogP contribution in [0, 0.1) is 0 Å². The first kappa shape index (κ1) is 14.2. The predicted molar refractivity (Wildman–Crippen MR) is 83.1 cm³/mol. The van der Waals surface area contributed by atoms with Crippen molar-refractivity contribution in [3.8, 4) is 0 Å². The first-order valence-electron chi connectivity index (χ1n) is 7.45. The summed E-state index contributed by atoms with van der Waals surface area (Å²) in [6, 6.07) is 10.9. The van der Waals surface area contributed by atoms with Gasteiger partial charge in [-0.2, -0.15) is 0 Å². The summed E-state index contributed by atoms with van der Waals surface area (Å²) in [5.74, 6) is -2.18. The molecule has 4 N–H and O–H groups in total. The number of nitrogens with two attached hydrogens (primary N) is 1. The lowest BCUT2D eigenvalue weighted by atomic mass is 9.98. The number of likely N-dealkylation sites (tertiary alicyclic amines) is 1. The molecule has 2 aliphatic rings. The average Bonchev–Trinajstić information content (AvgIpc) is 3.15. The van der Waals surface area contributed by atoms with E-state index in [2.05, 4.69) is 0 Å². The number of hydrogen-bond donors (Lipinski definition) is 3. The van der Waals surface area contributed by atoms with E-state index in [1.807, 2.05) is 36.4 Å². The molecule has 1 fully saturated rings. The van der Waals surface area contributed by atoms with Crippen molar-refractivity contribution < 1.29 is 19.8 Å². The van der Waals surface area contributed by atoms with E-state index in [1.165, 1.54) is 0 Å². The molecule has 0 bridgehead atoms. The number of aliphatic carboxylic acids is 2. The normalized spacial score (nSPS) is 29.4. The summed E-state index contributed by atoms with van der Waals surface area (Å²) < 4.78 is 0. The molecule has 3 atom stereocenters. The Hall–Kier alpha value is -2.44. The molecule has 118 valence electrons. The van der Waals surface area contributed by atoms with E-state index in [0.29, 0.717) is 0 Å². The Bertz CT molecular complexity index is 850. The molecule has 6 heteroatoms. The van der Waals surface area contributed by atoms with Crippen molar-refractivity contribution in [3.63, 3.8) is 0 Å². The van der Waals surface area contributed by atoms with Crippen LogP contribution in [0.2, 0.25) is 0 Å². The standard InChI is InChI=1S/C17H16N2O4/c18-17(16(22)23)7-12(15(20)21)19(8-17)14-11-6-5-9-3-1-2-4-10(9)13(11)14/h1-6,12,14H,7-8,18H2,(H,20,21)(H,22,23)/t12-,14?,17-/m1/s1. The quantitative estimate of drug-likeness (QED) is 0.786. The first-order chi connectivity index (χ1) is 10.9. The SMILES string of the molecule is N[C@]1(C(=O)O)C[C@H](C(=O)O)N(C2c3ccc4ccccc4c32)C1. The molecule has 6 nitrogen and oxygen atoms in total. The first-order valence-corrected chi connectivity index (χ1v) is 7.45. The van der Waals surface area contributed by atoms with E-state index in [1.54, 1.807) is 4.90 Å². The monoisotopic (exact) mass is 312 g/mol. The molecular formula is C17H16N2O4. The average molecular weight is 312 g/mol. The minimum Gasteiger partial charge on any atom is -0.480 e. The van der Waals surface area contributed by atoms with Gasteiger partial charge < -0.3 is 15.9 Å². The van der Waals surface area contributed by atoms with Gasteiger partial charge in [0.05, 0.1) is 6.04 Å². The fourth-order valence-electron chi connectivity index (χ4n) is 3.74. The summed E-state index contributed by atoms with van der Waals surface area (Å²) in [6.45, 7) is 0.0347. The number of hydrogen-bond acceptors (Lipinski definition) is 4. The summed E-state index contributed by atoms with van der Waals surface area (Å²) >= 11 is 0. The predicted octanol–water partition coefficient (Wildman–Crippen LogP) is 1.18.